The van der Waals surface area contributed by atoms with Crippen LogP contribution in [0.1, 0.15) is 6.92 Å². The van der Waals surface area contributed by atoms with Crippen LogP contribution in [-0.2, 0) is 9.59 Å². The molecule has 2 atom stereocenters. The number of aliphatic imine (C=N–C) groups is 1. The SMILES string of the molecule is CC1=C(C(=O)O)N2C(=O)[C@H](N=CN(C)C)[C@@H]2SC1. The van der Waals surface area contributed by atoms with Crippen molar-refractivity contribution in [2.75, 3.05) is 19.8 Å². The third-order valence-electron chi connectivity index (χ3n) is 2.79. The highest BCUT2D eigenvalue weighted by atomic mass is 32.2. The van der Waals surface area contributed by atoms with Crippen molar-refractivity contribution in [2.45, 2.75) is 18.3 Å². The Morgan fingerprint density at radius 1 is 1.61 bits per heavy atom. The van der Waals surface area contributed by atoms with E-state index < -0.39 is 12.0 Å². The standard InChI is InChI=1S/C11H15N3O3S/c1-6-4-18-10-7(12-5-13(2)3)9(15)14(10)8(6)11(16)17/h5,7,10H,4H2,1-3H3,(H,16,17)/t7-,10-/m0/s1. The predicted molar refractivity (Wildman–Crippen MR) is 69.4 cm³/mol. The molecule has 1 fully saturated rings. The molecule has 0 aromatic heterocycles. The highest BCUT2D eigenvalue weighted by Gasteiger charge is 2.53. The van der Waals surface area contributed by atoms with Crippen molar-refractivity contribution in [3.8, 4) is 0 Å². The van der Waals surface area contributed by atoms with Gasteiger partial charge in [0.1, 0.15) is 11.1 Å². The van der Waals surface area contributed by atoms with Crippen LogP contribution in [0.4, 0.5) is 0 Å². The van der Waals surface area contributed by atoms with Crippen LogP contribution < -0.4 is 0 Å². The number of aliphatic carboxylic acids is 1. The average Bonchev–Trinajstić information content (AvgIpc) is 2.28. The molecule has 0 saturated carbocycles. The van der Waals surface area contributed by atoms with Crippen LogP contribution in [-0.4, -0.2) is 64.4 Å². The fourth-order valence-electron chi connectivity index (χ4n) is 1.96. The molecule has 1 amide bonds. The van der Waals surface area contributed by atoms with Gasteiger partial charge in [-0.05, 0) is 12.5 Å². The molecule has 1 saturated heterocycles. The number of carboxylic acids is 1. The molecule has 2 rings (SSSR count). The first-order chi connectivity index (χ1) is 8.43. The Labute approximate surface area is 109 Å². The Morgan fingerprint density at radius 2 is 2.28 bits per heavy atom. The van der Waals surface area contributed by atoms with E-state index in [0.29, 0.717) is 5.75 Å². The van der Waals surface area contributed by atoms with Gasteiger partial charge in [-0.1, -0.05) is 0 Å². The van der Waals surface area contributed by atoms with Crippen molar-refractivity contribution >= 4 is 30.0 Å². The van der Waals surface area contributed by atoms with Crippen LogP contribution in [0.2, 0.25) is 0 Å². The van der Waals surface area contributed by atoms with Gasteiger partial charge >= 0.3 is 5.97 Å². The van der Waals surface area contributed by atoms with E-state index in [9.17, 15) is 9.59 Å². The molecule has 0 spiro atoms. The van der Waals surface area contributed by atoms with Crippen molar-refractivity contribution < 1.29 is 14.7 Å². The molecule has 2 heterocycles. The third-order valence-corrected chi connectivity index (χ3v) is 4.20. The summed E-state index contributed by atoms with van der Waals surface area (Å²) < 4.78 is 0. The zero-order valence-corrected chi connectivity index (χ0v) is 11.3. The van der Waals surface area contributed by atoms with Gasteiger partial charge in [0.05, 0.1) is 6.34 Å². The molecule has 0 bridgehead atoms. The number of rotatable bonds is 3. The van der Waals surface area contributed by atoms with Gasteiger partial charge in [-0.3, -0.25) is 14.7 Å². The lowest BCUT2D eigenvalue weighted by molar-refractivity contribution is -0.147. The largest absolute Gasteiger partial charge is 0.477 e. The number of thioether (sulfide) groups is 1. The Hall–Kier alpha value is -1.50. The molecule has 6 nitrogen and oxygen atoms in total. The molecular formula is C11H15N3O3S. The summed E-state index contributed by atoms with van der Waals surface area (Å²) in [6.07, 6.45) is 1.59. The second-order valence-electron chi connectivity index (χ2n) is 4.52. The van der Waals surface area contributed by atoms with Gasteiger partial charge in [0.2, 0.25) is 0 Å². The average molecular weight is 269 g/mol. The minimum atomic E-state index is -1.04. The number of carbonyl (C=O) groups excluding carboxylic acids is 1. The number of hydrogen-bond acceptors (Lipinski definition) is 4. The number of amides is 1. The maximum absolute atomic E-state index is 12.0. The minimum Gasteiger partial charge on any atom is -0.477 e. The second kappa shape index (κ2) is 4.64. The van der Waals surface area contributed by atoms with E-state index in [2.05, 4.69) is 4.99 Å². The molecule has 0 aromatic rings. The second-order valence-corrected chi connectivity index (χ2v) is 5.62. The summed E-state index contributed by atoms with van der Waals surface area (Å²) in [4.78, 5) is 30.4. The van der Waals surface area contributed by atoms with Gasteiger partial charge in [0, 0.05) is 19.8 Å². The summed E-state index contributed by atoms with van der Waals surface area (Å²) in [6.45, 7) is 1.75. The summed E-state index contributed by atoms with van der Waals surface area (Å²) in [6, 6.07) is -0.458. The molecule has 0 radical (unpaired) electrons. The van der Waals surface area contributed by atoms with Gasteiger partial charge in [-0.15, -0.1) is 11.8 Å². The van der Waals surface area contributed by atoms with Crippen LogP contribution in [0.5, 0.6) is 0 Å². The summed E-state index contributed by atoms with van der Waals surface area (Å²) in [7, 11) is 3.65. The van der Waals surface area contributed by atoms with Crippen LogP contribution in [0.25, 0.3) is 0 Å². The predicted octanol–water partition coefficient (Wildman–Crippen LogP) is 0.219. The fraction of sp³-hybridized carbons (Fsp3) is 0.545. The van der Waals surface area contributed by atoms with Crippen molar-refractivity contribution in [2.24, 2.45) is 4.99 Å². The van der Waals surface area contributed by atoms with E-state index in [4.69, 9.17) is 5.11 Å². The molecule has 1 N–H and O–H groups in total. The zero-order valence-electron chi connectivity index (χ0n) is 10.5. The lowest BCUT2D eigenvalue weighted by Gasteiger charge is -2.47. The summed E-state index contributed by atoms with van der Waals surface area (Å²) in [5.41, 5.74) is 0.854. The van der Waals surface area contributed by atoms with Crippen molar-refractivity contribution in [1.82, 2.24) is 9.80 Å². The maximum Gasteiger partial charge on any atom is 0.352 e. The first kappa shape index (κ1) is 12.9. The monoisotopic (exact) mass is 269 g/mol. The zero-order chi connectivity index (χ0) is 13.4. The first-order valence-corrected chi connectivity index (χ1v) is 6.55. The first-order valence-electron chi connectivity index (χ1n) is 5.51. The number of hydrogen-bond donors (Lipinski definition) is 1. The van der Waals surface area contributed by atoms with E-state index in [1.54, 1.807) is 29.9 Å². The van der Waals surface area contributed by atoms with Gasteiger partial charge < -0.3 is 10.0 Å². The van der Waals surface area contributed by atoms with Gasteiger partial charge in [0.25, 0.3) is 5.91 Å². The highest BCUT2D eigenvalue weighted by molar-refractivity contribution is 8.00. The quantitative estimate of drug-likeness (QED) is 0.451. The number of nitrogens with zero attached hydrogens (tertiary/aromatic N) is 3. The van der Waals surface area contributed by atoms with Crippen molar-refractivity contribution in [3.63, 3.8) is 0 Å². The maximum atomic E-state index is 12.0. The molecule has 18 heavy (non-hydrogen) atoms. The molecule has 0 aliphatic carbocycles. The molecule has 2 aliphatic rings. The summed E-state index contributed by atoms with van der Waals surface area (Å²) >= 11 is 1.56. The molecule has 0 aromatic carbocycles. The van der Waals surface area contributed by atoms with E-state index in [1.165, 1.54) is 4.90 Å². The minimum absolute atomic E-state index is 0.125. The summed E-state index contributed by atoms with van der Waals surface area (Å²) in [5.74, 6) is -0.646. The van der Waals surface area contributed by atoms with E-state index >= 15 is 0 Å². The van der Waals surface area contributed by atoms with Crippen LogP contribution in [0.15, 0.2) is 16.3 Å². The molecule has 98 valence electrons. The smallest absolute Gasteiger partial charge is 0.352 e. The fourth-order valence-corrected chi connectivity index (χ4v) is 3.25. The van der Waals surface area contributed by atoms with Crippen molar-refractivity contribution in [1.29, 1.82) is 0 Å². The normalized spacial score (nSPS) is 27.3. The van der Waals surface area contributed by atoms with E-state index in [1.807, 2.05) is 14.1 Å². The Balaban J connectivity index is 2.21. The van der Waals surface area contributed by atoms with Crippen molar-refractivity contribution in [3.05, 3.63) is 11.3 Å². The van der Waals surface area contributed by atoms with E-state index in [-0.39, 0.29) is 17.0 Å². The molecule has 0 unspecified atom stereocenters. The Morgan fingerprint density at radius 3 is 2.83 bits per heavy atom. The topological polar surface area (TPSA) is 73.2 Å². The number of carboxylic acid groups (broad SMARTS) is 1. The van der Waals surface area contributed by atoms with Gasteiger partial charge in [-0.2, -0.15) is 0 Å². The van der Waals surface area contributed by atoms with Gasteiger partial charge in [0.15, 0.2) is 6.04 Å². The number of fused-ring (bicyclic) bond motifs is 1. The molecular weight excluding hydrogens is 254 g/mol. The molecule has 2 aliphatic heterocycles. The van der Waals surface area contributed by atoms with Crippen LogP contribution in [0, 0.1) is 0 Å². The number of β-lactam (4-membered cyclic amide) rings is 1. The Bertz CT molecular complexity index is 458. The Kier molecular flexibility index (Phi) is 3.34. The lowest BCUT2D eigenvalue weighted by atomic mass is 10.0. The summed E-state index contributed by atoms with van der Waals surface area (Å²) in [5, 5.41) is 8.97. The van der Waals surface area contributed by atoms with Crippen LogP contribution in [0.3, 0.4) is 0 Å². The highest BCUT2D eigenvalue weighted by Crippen LogP contribution is 2.41. The van der Waals surface area contributed by atoms with E-state index in [0.717, 1.165) is 5.57 Å². The lowest BCUT2D eigenvalue weighted by Crippen LogP contribution is -2.64. The molecule has 7 heteroatoms. The third kappa shape index (κ3) is 1.98. The number of carbonyl (C=O) groups is 2. The van der Waals surface area contributed by atoms with Gasteiger partial charge in [-0.25, -0.2) is 4.79 Å². The van der Waals surface area contributed by atoms with Crippen LogP contribution >= 0.6 is 11.8 Å².